The van der Waals surface area contributed by atoms with E-state index in [1.54, 1.807) is 19.1 Å². The van der Waals surface area contributed by atoms with Gasteiger partial charge >= 0.3 is 5.97 Å². The first-order chi connectivity index (χ1) is 8.30. The standard InChI is InChI=1S/C11H16N2O4S/c1-8(11(14)15)13-7-6-9-2-4-10(5-3-9)18(12,16)17/h2-5,8,13H,6-7H2,1H3,(H,14,15)(H2,12,16,17). The lowest BCUT2D eigenvalue weighted by Gasteiger charge is -2.09. The first kappa shape index (κ1) is 14.6. The molecule has 1 atom stereocenters. The number of nitrogens with one attached hydrogen (secondary N) is 1. The molecule has 0 aliphatic carbocycles. The van der Waals surface area contributed by atoms with E-state index in [1.165, 1.54) is 12.1 Å². The van der Waals surface area contributed by atoms with Crippen LogP contribution in [0.5, 0.6) is 0 Å². The van der Waals surface area contributed by atoms with Gasteiger partial charge < -0.3 is 10.4 Å². The van der Waals surface area contributed by atoms with Crippen molar-refractivity contribution in [2.45, 2.75) is 24.3 Å². The van der Waals surface area contributed by atoms with Crippen LogP contribution in [0.2, 0.25) is 0 Å². The lowest BCUT2D eigenvalue weighted by Crippen LogP contribution is -2.34. The van der Waals surface area contributed by atoms with Gasteiger partial charge in [0.15, 0.2) is 0 Å². The third kappa shape index (κ3) is 4.44. The number of primary sulfonamides is 1. The Morgan fingerprint density at radius 1 is 1.39 bits per heavy atom. The fourth-order valence-electron chi connectivity index (χ4n) is 1.37. The Morgan fingerprint density at radius 3 is 2.39 bits per heavy atom. The van der Waals surface area contributed by atoms with E-state index in [2.05, 4.69) is 5.32 Å². The van der Waals surface area contributed by atoms with Gasteiger partial charge in [0.25, 0.3) is 0 Å². The molecule has 0 spiro atoms. The number of sulfonamides is 1. The Hall–Kier alpha value is -1.44. The van der Waals surface area contributed by atoms with Crippen LogP contribution in [-0.2, 0) is 21.2 Å². The number of aliphatic carboxylic acids is 1. The highest BCUT2D eigenvalue weighted by Gasteiger charge is 2.09. The first-order valence-electron chi connectivity index (χ1n) is 5.38. The molecule has 6 nitrogen and oxygen atoms in total. The van der Waals surface area contributed by atoms with E-state index < -0.39 is 22.0 Å². The van der Waals surface area contributed by atoms with E-state index in [-0.39, 0.29) is 4.90 Å². The van der Waals surface area contributed by atoms with Crippen LogP contribution in [-0.4, -0.2) is 32.1 Å². The molecule has 1 aromatic rings. The minimum Gasteiger partial charge on any atom is -0.480 e. The largest absolute Gasteiger partial charge is 0.480 e. The highest BCUT2D eigenvalue weighted by Crippen LogP contribution is 2.08. The van der Waals surface area contributed by atoms with Gasteiger partial charge in [0, 0.05) is 0 Å². The molecule has 0 fully saturated rings. The predicted molar refractivity (Wildman–Crippen MR) is 66.6 cm³/mol. The molecule has 18 heavy (non-hydrogen) atoms. The highest BCUT2D eigenvalue weighted by molar-refractivity contribution is 7.89. The number of nitrogens with two attached hydrogens (primary N) is 1. The molecule has 1 unspecified atom stereocenters. The van der Waals surface area contributed by atoms with Gasteiger partial charge in [-0.15, -0.1) is 0 Å². The maximum atomic E-state index is 11.0. The number of rotatable bonds is 6. The van der Waals surface area contributed by atoms with Crippen molar-refractivity contribution < 1.29 is 18.3 Å². The first-order valence-corrected chi connectivity index (χ1v) is 6.93. The second kappa shape index (κ2) is 5.94. The average Bonchev–Trinajstić information content (AvgIpc) is 2.28. The summed E-state index contributed by atoms with van der Waals surface area (Å²) in [6.07, 6.45) is 0.614. The molecule has 100 valence electrons. The van der Waals surface area contributed by atoms with Gasteiger partial charge in [-0.1, -0.05) is 12.1 Å². The molecule has 0 saturated heterocycles. The number of benzene rings is 1. The number of carboxylic acid groups (broad SMARTS) is 1. The molecule has 4 N–H and O–H groups in total. The molecule has 0 aliphatic heterocycles. The average molecular weight is 272 g/mol. The third-order valence-electron chi connectivity index (χ3n) is 2.49. The zero-order valence-electron chi connectivity index (χ0n) is 9.96. The highest BCUT2D eigenvalue weighted by atomic mass is 32.2. The summed E-state index contributed by atoms with van der Waals surface area (Å²) >= 11 is 0. The predicted octanol–water partition coefficient (Wildman–Crippen LogP) is -0.0608. The number of carbonyl (C=O) groups is 1. The molecule has 0 heterocycles. The molecule has 0 radical (unpaired) electrons. The monoisotopic (exact) mass is 272 g/mol. The Kier molecular flexibility index (Phi) is 4.83. The normalized spacial score (nSPS) is 13.2. The van der Waals surface area contributed by atoms with Crippen molar-refractivity contribution in [1.29, 1.82) is 0 Å². The summed E-state index contributed by atoms with van der Waals surface area (Å²) in [6.45, 7) is 2.06. The Labute approximate surface area is 106 Å². The summed E-state index contributed by atoms with van der Waals surface area (Å²) in [5.41, 5.74) is 0.910. The smallest absolute Gasteiger partial charge is 0.320 e. The van der Waals surface area contributed by atoms with Gasteiger partial charge in [0.1, 0.15) is 6.04 Å². The molecular formula is C11H16N2O4S. The van der Waals surface area contributed by atoms with Crippen molar-refractivity contribution >= 4 is 16.0 Å². The summed E-state index contributed by atoms with van der Waals surface area (Å²) in [7, 11) is -3.66. The molecule has 0 aliphatic rings. The topological polar surface area (TPSA) is 109 Å². The van der Waals surface area contributed by atoms with Gasteiger partial charge in [0.2, 0.25) is 10.0 Å². The van der Waals surface area contributed by atoms with Gasteiger partial charge in [-0.2, -0.15) is 0 Å². The van der Waals surface area contributed by atoms with E-state index in [4.69, 9.17) is 10.2 Å². The van der Waals surface area contributed by atoms with E-state index in [1.807, 2.05) is 0 Å². The maximum absolute atomic E-state index is 11.0. The fraction of sp³-hybridized carbons (Fsp3) is 0.364. The molecule has 1 rings (SSSR count). The van der Waals surface area contributed by atoms with Crippen LogP contribution < -0.4 is 10.5 Å². The van der Waals surface area contributed by atoms with Crippen LogP contribution >= 0.6 is 0 Å². The number of hydrogen-bond acceptors (Lipinski definition) is 4. The lowest BCUT2D eigenvalue weighted by atomic mass is 10.1. The second-order valence-corrected chi connectivity index (χ2v) is 5.51. The van der Waals surface area contributed by atoms with Crippen molar-refractivity contribution in [3.05, 3.63) is 29.8 Å². The molecule has 0 aromatic heterocycles. The Balaban J connectivity index is 2.52. The summed E-state index contributed by atoms with van der Waals surface area (Å²) in [5, 5.41) is 16.5. The number of carboxylic acids is 1. The van der Waals surface area contributed by atoms with Crippen molar-refractivity contribution in [1.82, 2.24) is 5.32 Å². The van der Waals surface area contributed by atoms with Crippen LogP contribution in [0.4, 0.5) is 0 Å². The van der Waals surface area contributed by atoms with Gasteiger partial charge in [0.05, 0.1) is 4.90 Å². The van der Waals surface area contributed by atoms with Crippen molar-refractivity contribution in [2.75, 3.05) is 6.54 Å². The lowest BCUT2D eigenvalue weighted by molar-refractivity contribution is -0.138. The third-order valence-corrected chi connectivity index (χ3v) is 3.42. The van der Waals surface area contributed by atoms with Crippen LogP contribution in [0.3, 0.4) is 0 Å². The molecule has 0 bridgehead atoms. The van der Waals surface area contributed by atoms with E-state index in [9.17, 15) is 13.2 Å². The molecular weight excluding hydrogens is 256 g/mol. The Bertz CT molecular complexity index is 510. The van der Waals surface area contributed by atoms with Gasteiger partial charge in [-0.05, 0) is 37.6 Å². The molecule has 0 saturated carbocycles. The van der Waals surface area contributed by atoms with E-state index >= 15 is 0 Å². The van der Waals surface area contributed by atoms with E-state index in [0.29, 0.717) is 13.0 Å². The van der Waals surface area contributed by atoms with Crippen LogP contribution in [0, 0.1) is 0 Å². The minimum atomic E-state index is -3.66. The fourth-order valence-corrected chi connectivity index (χ4v) is 1.88. The summed E-state index contributed by atoms with van der Waals surface area (Å²) < 4.78 is 22.0. The van der Waals surface area contributed by atoms with Crippen molar-refractivity contribution in [3.63, 3.8) is 0 Å². The van der Waals surface area contributed by atoms with Crippen molar-refractivity contribution in [3.8, 4) is 0 Å². The summed E-state index contributed by atoms with van der Waals surface area (Å²) in [4.78, 5) is 10.6. The van der Waals surface area contributed by atoms with Crippen LogP contribution in [0.15, 0.2) is 29.2 Å². The van der Waals surface area contributed by atoms with E-state index in [0.717, 1.165) is 5.56 Å². The minimum absolute atomic E-state index is 0.0677. The second-order valence-electron chi connectivity index (χ2n) is 3.95. The zero-order chi connectivity index (χ0) is 13.8. The quantitative estimate of drug-likeness (QED) is 0.672. The van der Waals surface area contributed by atoms with Crippen LogP contribution in [0.25, 0.3) is 0 Å². The van der Waals surface area contributed by atoms with Crippen LogP contribution in [0.1, 0.15) is 12.5 Å². The number of hydrogen-bond donors (Lipinski definition) is 3. The summed E-state index contributed by atoms with van der Waals surface area (Å²) in [5.74, 6) is -0.903. The maximum Gasteiger partial charge on any atom is 0.320 e. The summed E-state index contributed by atoms with van der Waals surface area (Å²) in [6, 6.07) is 5.59. The molecule has 0 amide bonds. The van der Waals surface area contributed by atoms with Gasteiger partial charge in [-0.3, -0.25) is 4.79 Å². The molecule has 1 aromatic carbocycles. The zero-order valence-corrected chi connectivity index (χ0v) is 10.8. The SMILES string of the molecule is CC(NCCc1ccc(S(N)(=O)=O)cc1)C(=O)O. The molecule has 7 heteroatoms. The van der Waals surface area contributed by atoms with Crippen molar-refractivity contribution in [2.24, 2.45) is 5.14 Å². The van der Waals surface area contributed by atoms with Gasteiger partial charge in [-0.25, -0.2) is 13.6 Å². The Morgan fingerprint density at radius 2 is 1.94 bits per heavy atom.